The van der Waals surface area contributed by atoms with E-state index in [0.717, 1.165) is 11.1 Å². The number of amides is 2. The number of hydrogen-bond donors (Lipinski definition) is 2. The Hall–Kier alpha value is -3.15. The van der Waals surface area contributed by atoms with E-state index in [-0.39, 0.29) is 18.4 Å². The molecule has 2 rings (SSSR count). The first-order valence-electron chi connectivity index (χ1n) is 7.85. The van der Waals surface area contributed by atoms with Gasteiger partial charge in [0.1, 0.15) is 0 Å². The lowest BCUT2D eigenvalue weighted by molar-refractivity contribution is -0.124. The number of hydrogen-bond acceptors (Lipinski definition) is 4. The van der Waals surface area contributed by atoms with Gasteiger partial charge in [-0.3, -0.25) is 9.59 Å². The Balaban J connectivity index is 1.75. The van der Waals surface area contributed by atoms with Crippen LogP contribution in [-0.2, 0) is 27.4 Å². The lowest BCUT2D eigenvalue weighted by atomic mass is 10.1. The maximum absolute atomic E-state index is 11.9. The fraction of sp³-hybridized carbons (Fsp3) is 0.211. The number of esters is 1. The van der Waals surface area contributed by atoms with Crippen molar-refractivity contribution >= 4 is 17.8 Å². The van der Waals surface area contributed by atoms with Crippen LogP contribution < -0.4 is 10.6 Å². The molecule has 0 saturated carbocycles. The van der Waals surface area contributed by atoms with Crippen LogP contribution >= 0.6 is 0 Å². The summed E-state index contributed by atoms with van der Waals surface area (Å²) in [6.07, 6.45) is 0. The van der Waals surface area contributed by atoms with Gasteiger partial charge >= 0.3 is 5.97 Å². The van der Waals surface area contributed by atoms with Crippen LogP contribution in [0, 0.1) is 0 Å². The Bertz CT molecular complexity index is 727. The normalized spacial score (nSPS) is 9.96. The second kappa shape index (κ2) is 9.22. The monoisotopic (exact) mass is 340 g/mol. The predicted octanol–water partition coefficient (Wildman–Crippen LogP) is 1.80. The number of rotatable bonds is 7. The summed E-state index contributed by atoms with van der Waals surface area (Å²) in [6, 6.07) is 16.1. The molecule has 0 radical (unpaired) electrons. The third-order valence-electron chi connectivity index (χ3n) is 3.40. The SMILES string of the molecule is CC(=O)NCc1ccc(C(=O)OCC(=O)NCc2ccccc2)cc1. The molecule has 0 aromatic heterocycles. The third kappa shape index (κ3) is 6.47. The Kier molecular flexibility index (Phi) is 6.71. The fourth-order valence-electron chi connectivity index (χ4n) is 2.05. The molecule has 2 amide bonds. The highest BCUT2D eigenvalue weighted by atomic mass is 16.5. The molecule has 6 nitrogen and oxygen atoms in total. The van der Waals surface area contributed by atoms with Crippen LogP contribution in [0.15, 0.2) is 54.6 Å². The molecule has 0 spiro atoms. The number of carbonyl (C=O) groups is 3. The second-order valence-corrected chi connectivity index (χ2v) is 5.45. The van der Waals surface area contributed by atoms with Gasteiger partial charge in [0.15, 0.2) is 6.61 Å². The van der Waals surface area contributed by atoms with Gasteiger partial charge in [-0.15, -0.1) is 0 Å². The van der Waals surface area contributed by atoms with Crippen molar-refractivity contribution in [1.82, 2.24) is 10.6 Å². The minimum Gasteiger partial charge on any atom is -0.452 e. The van der Waals surface area contributed by atoms with E-state index in [1.807, 2.05) is 30.3 Å². The van der Waals surface area contributed by atoms with E-state index in [2.05, 4.69) is 10.6 Å². The summed E-state index contributed by atoms with van der Waals surface area (Å²) in [5, 5.41) is 5.36. The average Bonchev–Trinajstić information content (AvgIpc) is 2.64. The molecule has 0 aliphatic heterocycles. The molecular weight excluding hydrogens is 320 g/mol. The molecule has 0 unspecified atom stereocenters. The van der Waals surface area contributed by atoms with Crippen LogP contribution in [0.4, 0.5) is 0 Å². The second-order valence-electron chi connectivity index (χ2n) is 5.45. The topological polar surface area (TPSA) is 84.5 Å². The van der Waals surface area contributed by atoms with Crippen LogP contribution in [0.3, 0.4) is 0 Å². The summed E-state index contributed by atoms with van der Waals surface area (Å²) in [7, 11) is 0. The predicted molar refractivity (Wildman–Crippen MR) is 92.5 cm³/mol. The zero-order chi connectivity index (χ0) is 18.1. The average molecular weight is 340 g/mol. The van der Waals surface area contributed by atoms with Crippen LogP contribution in [0.1, 0.15) is 28.4 Å². The molecule has 0 heterocycles. The van der Waals surface area contributed by atoms with E-state index >= 15 is 0 Å². The molecule has 0 atom stereocenters. The first-order chi connectivity index (χ1) is 12.0. The third-order valence-corrected chi connectivity index (χ3v) is 3.40. The highest BCUT2D eigenvalue weighted by Crippen LogP contribution is 2.06. The molecule has 0 fully saturated rings. The summed E-state index contributed by atoms with van der Waals surface area (Å²) in [4.78, 5) is 34.5. The zero-order valence-electron chi connectivity index (χ0n) is 14.0. The van der Waals surface area contributed by atoms with Gasteiger partial charge in [0.2, 0.25) is 5.91 Å². The molecule has 0 saturated heterocycles. The summed E-state index contributed by atoms with van der Waals surface area (Å²) >= 11 is 0. The van der Waals surface area contributed by atoms with E-state index in [1.54, 1.807) is 24.3 Å². The molecular formula is C19H20N2O4. The molecule has 0 aliphatic carbocycles. The fourth-order valence-corrected chi connectivity index (χ4v) is 2.05. The molecule has 130 valence electrons. The molecule has 2 N–H and O–H groups in total. The van der Waals surface area contributed by atoms with E-state index in [4.69, 9.17) is 4.74 Å². The molecule has 2 aromatic carbocycles. The minimum absolute atomic E-state index is 0.120. The van der Waals surface area contributed by atoms with Crippen molar-refractivity contribution in [1.29, 1.82) is 0 Å². The molecule has 2 aromatic rings. The van der Waals surface area contributed by atoms with Gasteiger partial charge < -0.3 is 15.4 Å². The van der Waals surface area contributed by atoms with Crippen molar-refractivity contribution in [3.8, 4) is 0 Å². The van der Waals surface area contributed by atoms with Gasteiger partial charge in [-0.05, 0) is 23.3 Å². The molecule has 25 heavy (non-hydrogen) atoms. The Morgan fingerprint density at radius 3 is 2.08 bits per heavy atom. The maximum atomic E-state index is 11.9. The van der Waals surface area contributed by atoms with Gasteiger partial charge in [0.25, 0.3) is 5.91 Å². The lowest BCUT2D eigenvalue weighted by Crippen LogP contribution is -2.28. The van der Waals surface area contributed by atoms with Crippen LogP contribution in [0.2, 0.25) is 0 Å². The largest absolute Gasteiger partial charge is 0.452 e. The van der Waals surface area contributed by atoms with E-state index in [1.165, 1.54) is 6.92 Å². The van der Waals surface area contributed by atoms with E-state index in [0.29, 0.717) is 18.7 Å². The maximum Gasteiger partial charge on any atom is 0.338 e. The number of ether oxygens (including phenoxy) is 1. The summed E-state index contributed by atoms with van der Waals surface area (Å²) in [5.74, 6) is -1.05. The van der Waals surface area contributed by atoms with Crippen molar-refractivity contribution in [3.63, 3.8) is 0 Å². The minimum atomic E-state index is -0.569. The van der Waals surface area contributed by atoms with Crippen LogP contribution in [0.25, 0.3) is 0 Å². The zero-order valence-corrected chi connectivity index (χ0v) is 14.0. The van der Waals surface area contributed by atoms with E-state index in [9.17, 15) is 14.4 Å². The smallest absolute Gasteiger partial charge is 0.338 e. The highest BCUT2D eigenvalue weighted by Gasteiger charge is 2.10. The molecule has 0 aliphatic rings. The van der Waals surface area contributed by atoms with Gasteiger partial charge in [0, 0.05) is 20.0 Å². The van der Waals surface area contributed by atoms with E-state index < -0.39 is 5.97 Å². The standard InChI is InChI=1S/C19H20N2O4/c1-14(22)20-11-16-7-9-17(10-8-16)19(24)25-13-18(23)21-12-15-5-3-2-4-6-15/h2-10H,11-13H2,1H3,(H,20,22)(H,21,23). The van der Waals surface area contributed by atoms with Gasteiger partial charge in [-0.1, -0.05) is 42.5 Å². The quantitative estimate of drug-likeness (QED) is 0.753. The van der Waals surface area contributed by atoms with Crippen molar-refractivity contribution < 1.29 is 19.1 Å². The first-order valence-corrected chi connectivity index (χ1v) is 7.85. The first kappa shape index (κ1) is 18.2. The number of benzene rings is 2. The van der Waals surface area contributed by atoms with Crippen molar-refractivity contribution in [2.75, 3.05) is 6.61 Å². The van der Waals surface area contributed by atoms with Gasteiger partial charge in [-0.2, -0.15) is 0 Å². The summed E-state index contributed by atoms with van der Waals surface area (Å²) in [6.45, 7) is 1.88. The van der Waals surface area contributed by atoms with Gasteiger partial charge in [-0.25, -0.2) is 4.79 Å². The Morgan fingerprint density at radius 2 is 1.44 bits per heavy atom. The Morgan fingerprint density at radius 1 is 0.840 bits per heavy atom. The van der Waals surface area contributed by atoms with Crippen molar-refractivity contribution in [3.05, 3.63) is 71.3 Å². The van der Waals surface area contributed by atoms with Crippen molar-refractivity contribution in [2.24, 2.45) is 0 Å². The molecule has 0 bridgehead atoms. The summed E-state index contributed by atoms with van der Waals surface area (Å²) in [5.41, 5.74) is 2.19. The number of nitrogens with one attached hydrogen (secondary N) is 2. The van der Waals surface area contributed by atoms with Crippen LogP contribution in [-0.4, -0.2) is 24.4 Å². The van der Waals surface area contributed by atoms with Crippen LogP contribution in [0.5, 0.6) is 0 Å². The lowest BCUT2D eigenvalue weighted by Gasteiger charge is -2.07. The highest BCUT2D eigenvalue weighted by molar-refractivity contribution is 5.91. The van der Waals surface area contributed by atoms with Gasteiger partial charge in [0.05, 0.1) is 5.56 Å². The Labute approximate surface area is 146 Å². The number of carbonyl (C=O) groups excluding carboxylic acids is 3. The summed E-state index contributed by atoms with van der Waals surface area (Å²) < 4.78 is 5.00. The molecule has 6 heteroatoms. The van der Waals surface area contributed by atoms with Crippen molar-refractivity contribution in [2.45, 2.75) is 20.0 Å².